The lowest BCUT2D eigenvalue weighted by atomic mass is 10.0. The van der Waals surface area contributed by atoms with Gasteiger partial charge in [0.2, 0.25) is 0 Å². The van der Waals surface area contributed by atoms with Crippen LogP contribution in [-0.4, -0.2) is 31.0 Å². The highest BCUT2D eigenvalue weighted by atomic mass is 16.5. The Labute approximate surface area is 162 Å². The fraction of sp³-hybridized carbons (Fsp3) is 0.955. The standard InChI is InChI=1S/C22H45NO3/c1-2-3-4-5-6-7-8-9-10-11-12-13-14-15-16-17-19-23-22(25)26-21-18-20-24/h24H,2-21H2,1H3,(H,23,25). The van der Waals surface area contributed by atoms with Gasteiger partial charge in [0.1, 0.15) is 0 Å². The number of unbranched alkanes of at least 4 members (excludes halogenated alkanes) is 15. The lowest BCUT2D eigenvalue weighted by molar-refractivity contribution is 0.135. The van der Waals surface area contributed by atoms with Crippen LogP contribution in [0.25, 0.3) is 0 Å². The van der Waals surface area contributed by atoms with Crippen molar-refractivity contribution < 1.29 is 14.6 Å². The van der Waals surface area contributed by atoms with Crippen molar-refractivity contribution >= 4 is 6.09 Å². The van der Waals surface area contributed by atoms with Gasteiger partial charge in [-0.05, 0) is 6.42 Å². The minimum Gasteiger partial charge on any atom is -0.449 e. The van der Waals surface area contributed by atoms with Gasteiger partial charge in [-0.1, -0.05) is 103 Å². The summed E-state index contributed by atoms with van der Waals surface area (Å²) in [7, 11) is 0. The van der Waals surface area contributed by atoms with Crippen LogP contribution in [0.15, 0.2) is 0 Å². The Bertz CT molecular complexity index is 285. The molecule has 1 amide bonds. The number of hydrogen-bond donors (Lipinski definition) is 2. The molecule has 156 valence electrons. The first-order valence-corrected chi connectivity index (χ1v) is 11.3. The predicted octanol–water partition coefficient (Wildman–Crippen LogP) is 6.36. The van der Waals surface area contributed by atoms with E-state index in [-0.39, 0.29) is 12.7 Å². The maximum Gasteiger partial charge on any atom is 0.407 e. The van der Waals surface area contributed by atoms with Gasteiger partial charge < -0.3 is 15.2 Å². The van der Waals surface area contributed by atoms with E-state index in [0.717, 1.165) is 6.42 Å². The average molecular weight is 372 g/mol. The van der Waals surface area contributed by atoms with Gasteiger partial charge in [-0.25, -0.2) is 4.79 Å². The first-order valence-electron chi connectivity index (χ1n) is 11.3. The summed E-state index contributed by atoms with van der Waals surface area (Å²) in [6, 6.07) is 0. The smallest absolute Gasteiger partial charge is 0.407 e. The number of ether oxygens (including phenoxy) is 1. The van der Waals surface area contributed by atoms with E-state index >= 15 is 0 Å². The van der Waals surface area contributed by atoms with Crippen LogP contribution < -0.4 is 5.32 Å². The van der Waals surface area contributed by atoms with Crippen LogP contribution in [0.4, 0.5) is 4.79 Å². The van der Waals surface area contributed by atoms with E-state index in [1.165, 1.54) is 96.3 Å². The lowest BCUT2D eigenvalue weighted by Crippen LogP contribution is -2.25. The number of hydrogen-bond acceptors (Lipinski definition) is 3. The Morgan fingerprint density at radius 1 is 0.692 bits per heavy atom. The maximum atomic E-state index is 11.3. The monoisotopic (exact) mass is 371 g/mol. The van der Waals surface area contributed by atoms with Crippen LogP contribution >= 0.6 is 0 Å². The summed E-state index contributed by atoms with van der Waals surface area (Å²) >= 11 is 0. The molecule has 0 saturated carbocycles. The topological polar surface area (TPSA) is 58.6 Å². The van der Waals surface area contributed by atoms with E-state index in [0.29, 0.717) is 19.6 Å². The summed E-state index contributed by atoms with van der Waals surface area (Å²) in [6.45, 7) is 3.32. The fourth-order valence-electron chi connectivity index (χ4n) is 3.14. The van der Waals surface area contributed by atoms with Gasteiger partial charge in [-0.2, -0.15) is 0 Å². The molecule has 0 aliphatic rings. The van der Waals surface area contributed by atoms with Gasteiger partial charge in [0.05, 0.1) is 6.61 Å². The summed E-state index contributed by atoms with van der Waals surface area (Å²) in [5.41, 5.74) is 0. The molecule has 0 radical (unpaired) electrons. The second-order valence-corrected chi connectivity index (χ2v) is 7.44. The Balaban J connectivity index is 3.06. The Morgan fingerprint density at radius 2 is 1.12 bits per heavy atom. The molecule has 4 heteroatoms. The third-order valence-electron chi connectivity index (χ3n) is 4.84. The number of amides is 1. The van der Waals surface area contributed by atoms with E-state index in [4.69, 9.17) is 9.84 Å². The molecule has 0 aromatic heterocycles. The van der Waals surface area contributed by atoms with Crippen LogP contribution in [0.1, 0.15) is 116 Å². The van der Waals surface area contributed by atoms with Crippen molar-refractivity contribution in [2.24, 2.45) is 0 Å². The highest BCUT2D eigenvalue weighted by Gasteiger charge is 2.00. The third-order valence-corrected chi connectivity index (χ3v) is 4.84. The first kappa shape index (κ1) is 25.2. The van der Waals surface area contributed by atoms with Gasteiger partial charge in [0.25, 0.3) is 0 Å². The molecule has 0 unspecified atom stereocenters. The van der Waals surface area contributed by atoms with Crippen LogP contribution in [0.2, 0.25) is 0 Å². The van der Waals surface area contributed by atoms with Gasteiger partial charge in [-0.15, -0.1) is 0 Å². The molecule has 0 spiro atoms. The highest BCUT2D eigenvalue weighted by Crippen LogP contribution is 2.13. The number of nitrogens with one attached hydrogen (secondary N) is 1. The summed E-state index contributed by atoms with van der Waals surface area (Å²) in [4.78, 5) is 11.3. The lowest BCUT2D eigenvalue weighted by Gasteiger charge is -2.06. The fourth-order valence-corrected chi connectivity index (χ4v) is 3.14. The quantitative estimate of drug-likeness (QED) is 0.245. The van der Waals surface area contributed by atoms with Crippen LogP contribution in [-0.2, 0) is 4.74 Å². The zero-order chi connectivity index (χ0) is 19.1. The molecule has 2 N–H and O–H groups in total. The number of aliphatic hydroxyl groups is 1. The summed E-state index contributed by atoms with van der Waals surface area (Å²) in [5.74, 6) is 0. The number of carbonyl (C=O) groups is 1. The number of carbonyl (C=O) groups excluding carboxylic acids is 1. The maximum absolute atomic E-state index is 11.3. The SMILES string of the molecule is CCCCCCCCCCCCCCCCCCNC(=O)OCCCO. The normalized spacial score (nSPS) is 10.8. The summed E-state index contributed by atoms with van der Waals surface area (Å²) < 4.78 is 4.90. The minimum atomic E-state index is -0.362. The molecule has 0 heterocycles. The second-order valence-electron chi connectivity index (χ2n) is 7.44. The largest absolute Gasteiger partial charge is 0.449 e. The summed E-state index contributed by atoms with van der Waals surface area (Å²) in [6.07, 6.45) is 21.8. The molecule has 0 aliphatic heterocycles. The van der Waals surface area contributed by atoms with Gasteiger partial charge in [-0.3, -0.25) is 0 Å². The molecule has 0 fully saturated rings. The van der Waals surface area contributed by atoms with Gasteiger partial charge in [0.15, 0.2) is 0 Å². The number of alkyl carbamates (subject to hydrolysis) is 1. The zero-order valence-electron chi connectivity index (χ0n) is 17.4. The third kappa shape index (κ3) is 21.3. The van der Waals surface area contributed by atoms with Crippen LogP contribution in [0.5, 0.6) is 0 Å². The molecular weight excluding hydrogens is 326 g/mol. The molecule has 0 atom stereocenters. The van der Waals surface area contributed by atoms with Crippen molar-refractivity contribution in [2.75, 3.05) is 19.8 Å². The molecule has 0 aromatic carbocycles. The first-order chi connectivity index (χ1) is 12.8. The van der Waals surface area contributed by atoms with Gasteiger partial charge in [0, 0.05) is 19.6 Å². The predicted molar refractivity (Wildman–Crippen MR) is 111 cm³/mol. The molecular formula is C22H45NO3. The van der Waals surface area contributed by atoms with Crippen molar-refractivity contribution in [1.82, 2.24) is 5.32 Å². The van der Waals surface area contributed by atoms with E-state index in [2.05, 4.69) is 12.2 Å². The molecule has 26 heavy (non-hydrogen) atoms. The Morgan fingerprint density at radius 3 is 1.54 bits per heavy atom. The van der Waals surface area contributed by atoms with E-state index < -0.39 is 0 Å². The van der Waals surface area contributed by atoms with Crippen molar-refractivity contribution in [2.45, 2.75) is 116 Å². The van der Waals surface area contributed by atoms with Crippen molar-refractivity contribution in [1.29, 1.82) is 0 Å². The van der Waals surface area contributed by atoms with E-state index in [1.807, 2.05) is 0 Å². The summed E-state index contributed by atoms with van der Waals surface area (Å²) in [5, 5.41) is 11.3. The second kappa shape index (κ2) is 22.3. The molecule has 4 nitrogen and oxygen atoms in total. The number of aliphatic hydroxyl groups excluding tert-OH is 1. The Hall–Kier alpha value is -0.770. The van der Waals surface area contributed by atoms with Crippen molar-refractivity contribution in [3.05, 3.63) is 0 Å². The molecule has 0 rings (SSSR count). The Kier molecular flexibility index (Phi) is 21.6. The van der Waals surface area contributed by atoms with Crippen molar-refractivity contribution in [3.63, 3.8) is 0 Å². The molecule has 0 aromatic rings. The average Bonchev–Trinajstić information content (AvgIpc) is 2.64. The molecule has 0 aliphatic carbocycles. The van der Waals surface area contributed by atoms with Crippen molar-refractivity contribution in [3.8, 4) is 0 Å². The molecule has 0 bridgehead atoms. The molecule has 0 saturated heterocycles. The van der Waals surface area contributed by atoms with Crippen LogP contribution in [0, 0.1) is 0 Å². The highest BCUT2D eigenvalue weighted by molar-refractivity contribution is 5.66. The zero-order valence-corrected chi connectivity index (χ0v) is 17.4. The van der Waals surface area contributed by atoms with Gasteiger partial charge >= 0.3 is 6.09 Å². The minimum absolute atomic E-state index is 0.0619. The van der Waals surface area contributed by atoms with E-state index in [1.54, 1.807) is 0 Å². The van der Waals surface area contributed by atoms with Crippen LogP contribution in [0.3, 0.4) is 0 Å². The number of rotatable bonds is 20. The van der Waals surface area contributed by atoms with E-state index in [9.17, 15) is 4.79 Å².